The van der Waals surface area contributed by atoms with Crippen LogP contribution in [-0.4, -0.2) is 67.6 Å². The molecule has 3 N–H and O–H groups in total. The number of esters is 1. The number of aliphatic hydroxyl groups excluding tert-OH is 1. The van der Waals surface area contributed by atoms with Gasteiger partial charge in [0.2, 0.25) is 5.91 Å². The first kappa shape index (κ1) is 26.3. The number of carboxylic acids is 1. The van der Waals surface area contributed by atoms with E-state index in [1.165, 1.54) is 20.8 Å². The Labute approximate surface area is 165 Å². The van der Waals surface area contributed by atoms with Crippen molar-refractivity contribution >= 4 is 28.0 Å². The number of nitrogens with one attached hydrogen (secondary N) is 1. The second kappa shape index (κ2) is 12.0. The summed E-state index contributed by atoms with van der Waals surface area (Å²) in [7, 11) is -4.04. The standard InChI is InChI=1S/C17H31NO9S/c1-5-14(20)26-10-6-8-13(17(3,4)15(21)16(22)23)27-28(24,25)11-7-9-18-12(2)19/h13,15,21H,5-11H2,1-4H3,(H,18,19)(H,22,23)/t13?,15-/m0/s1. The van der Waals surface area contributed by atoms with E-state index in [1.54, 1.807) is 6.92 Å². The minimum Gasteiger partial charge on any atom is -0.479 e. The number of aliphatic carboxylic acids is 1. The van der Waals surface area contributed by atoms with Crippen molar-refractivity contribution < 1.29 is 41.9 Å². The Bertz CT molecular complexity index is 631. The van der Waals surface area contributed by atoms with E-state index < -0.39 is 39.7 Å². The van der Waals surface area contributed by atoms with Gasteiger partial charge in [0.1, 0.15) is 0 Å². The molecule has 0 radical (unpaired) electrons. The molecular weight excluding hydrogens is 394 g/mol. The highest BCUT2D eigenvalue weighted by Crippen LogP contribution is 2.32. The number of aliphatic hydroxyl groups is 1. The highest BCUT2D eigenvalue weighted by molar-refractivity contribution is 7.86. The van der Waals surface area contributed by atoms with Gasteiger partial charge in [-0.2, -0.15) is 8.42 Å². The first-order valence-electron chi connectivity index (χ1n) is 9.05. The summed E-state index contributed by atoms with van der Waals surface area (Å²) in [5, 5.41) is 21.5. The second-order valence-corrected chi connectivity index (χ2v) is 8.68. The number of hydrogen-bond acceptors (Lipinski definition) is 8. The monoisotopic (exact) mass is 425 g/mol. The molecule has 0 saturated carbocycles. The number of carboxylic acid groups (broad SMARTS) is 1. The van der Waals surface area contributed by atoms with Gasteiger partial charge in [-0.25, -0.2) is 4.79 Å². The van der Waals surface area contributed by atoms with Gasteiger partial charge in [0.25, 0.3) is 10.1 Å². The zero-order chi connectivity index (χ0) is 22.0. The zero-order valence-corrected chi connectivity index (χ0v) is 17.6. The number of ether oxygens (including phenoxy) is 1. The maximum absolute atomic E-state index is 12.3. The van der Waals surface area contributed by atoms with Gasteiger partial charge in [-0.1, -0.05) is 20.8 Å². The van der Waals surface area contributed by atoms with Gasteiger partial charge in [-0.05, 0) is 19.3 Å². The van der Waals surface area contributed by atoms with Crippen LogP contribution < -0.4 is 5.32 Å². The summed E-state index contributed by atoms with van der Waals surface area (Å²) in [6.45, 7) is 5.89. The second-order valence-electron chi connectivity index (χ2n) is 6.96. The van der Waals surface area contributed by atoms with Crippen LogP contribution in [-0.2, 0) is 33.4 Å². The van der Waals surface area contributed by atoms with Crippen LogP contribution in [0.1, 0.15) is 53.4 Å². The van der Waals surface area contributed by atoms with Gasteiger partial charge in [0, 0.05) is 25.3 Å². The van der Waals surface area contributed by atoms with Gasteiger partial charge in [0.15, 0.2) is 6.10 Å². The Kier molecular flexibility index (Phi) is 11.2. The van der Waals surface area contributed by atoms with Gasteiger partial charge in [-0.15, -0.1) is 0 Å². The molecule has 0 aromatic rings. The van der Waals surface area contributed by atoms with E-state index in [4.69, 9.17) is 14.0 Å². The molecule has 0 aliphatic rings. The fourth-order valence-electron chi connectivity index (χ4n) is 2.33. The van der Waals surface area contributed by atoms with Crippen LogP contribution in [0.3, 0.4) is 0 Å². The maximum atomic E-state index is 12.3. The first-order valence-corrected chi connectivity index (χ1v) is 10.6. The number of hydrogen-bond donors (Lipinski definition) is 3. The molecule has 0 fully saturated rings. The average Bonchev–Trinajstić information content (AvgIpc) is 2.59. The summed E-state index contributed by atoms with van der Waals surface area (Å²) in [5.74, 6) is -2.58. The minimum absolute atomic E-state index is 0.0222. The van der Waals surface area contributed by atoms with Crippen LogP contribution in [0.5, 0.6) is 0 Å². The smallest absolute Gasteiger partial charge is 0.333 e. The molecule has 10 nitrogen and oxygen atoms in total. The molecule has 1 unspecified atom stereocenters. The maximum Gasteiger partial charge on any atom is 0.333 e. The summed E-state index contributed by atoms with van der Waals surface area (Å²) in [6, 6.07) is 0. The Morgan fingerprint density at radius 2 is 1.79 bits per heavy atom. The van der Waals surface area contributed by atoms with E-state index in [9.17, 15) is 27.9 Å². The number of rotatable bonds is 14. The molecule has 0 bridgehead atoms. The largest absolute Gasteiger partial charge is 0.479 e. The van der Waals surface area contributed by atoms with Gasteiger partial charge in [0.05, 0.1) is 18.5 Å². The molecule has 164 valence electrons. The summed E-state index contributed by atoms with van der Waals surface area (Å²) >= 11 is 0. The van der Waals surface area contributed by atoms with E-state index in [0.717, 1.165) is 0 Å². The molecule has 1 amide bonds. The molecule has 28 heavy (non-hydrogen) atoms. The van der Waals surface area contributed by atoms with Crippen LogP contribution in [0, 0.1) is 5.41 Å². The fraction of sp³-hybridized carbons (Fsp3) is 0.824. The summed E-state index contributed by atoms with van der Waals surface area (Å²) in [5.41, 5.74) is -1.43. The van der Waals surface area contributed by atoms with Crippen molar-refractivity contribution in [1.29, 1.82) is 0 Å². The Balaban J connectivity index is 5.07. The van der Waals surface area contributed by atoms with E-state index in [1.807, 2.05) is 0 Å². The minimum atomic E-state index is -4.04. The third-order valence-corrected chi connectivity index (χ3v) is 5.45. The highest BCUT2D eigenvalue weighted by atomic mass is 32.2. The van der Waals surface area contributed by atoms with Crippen molar-refractivity contribution in [3.63, 3.8) is 0 Å². The van der Waals surface area contributed by atoms with E-state index >= 15 is 0 Å². The normalized spacial score (nSPS) is 14.2. The summed E-state index contributed by atoms with van der Waals surface area (Å²) in [4.78, 5) is 33.2. The zero-order valence-electron chi connectivity index (χ0n) is 16.8. The molecule has 2 atom stereocenters. The Hall–Kier alpha value is -1.72. The van der Waals surface area contributed by atoms with Crippen LogP contribution in [0.4, 0.5) is 0 Å². The van der Waals surface area contributed by atoms with Crippen LogP contribution in [0.25, 0.3) is 0 Å². The van der Waals surface area contributed by atoms with Crippen molar-refractivity contribution in [2.24, 2.45) is 5.41 Å². The lowest BCUT2D eigenvalue weighted by Crippen LogP contribution is -2.47. The topological polar surface area (TPSA) is 156 Å². The van der Waals surface area contributed by atoms with E-state index in [2.05, 4.69) is 5.32 Å². The first-order chi connectivity index (χ1) is 12.8. The van der Waals surface area contributed by atoms with Crippen molar-refractivity contribution in [1.82, 2.24) is 5.32 Å². The lowest BCUT2D eigenvalue weighted by atomic mass is 9.79. The van der Waals surface area contributed by atoms with Gasteiger partial charge < -0.3 is 20.3 Å². The number of amides is 1. The molecule has 0 heterocycles. The fourth-order valence-corrected chi connectivity index (χ4v) is 3.63. The third-order valence-electron chi connectivity index (χ3n) is 4.14. The highest BCUT2D eigenvalue weighted by Gasteiger charge is 2.43. The molecule has 0 aromatic carbocycles. The SMILES string of the molecule is CCC(=O)OCCCC(OS(=O)(=O)CCCNC(C)=O)C(C)(C)[C@@H](O)C(=O)O. The molecule has 0 aliphatic carbocycles. The van der Waals surface area contributed by atoms with Crippen molar-refractivity contribution in [3.05, 3.63) is 0 Å². The lowest BCUT2D eigenvalue weighted by Gasteiger charge is -2.35. The average molecular weight is 426 g/mol. The quantitative estimate of drug-likeness (QED) is 0.204. The van der Waals surface area contributed by atoms with Crippen molar-refractivity contribution in [2.45, 2.75) is 65.6 Å². The van der Waals surface area contributed by atoms with Crippen molar-refractivity contribution in [2.75, 3.05) is 18.9 Å². The molecule has 11 heteroatoms. The molecule has 0 spiro atoms. The van der Waals surface area contributed by atoms with Gasteiger partial charge in [-0.3, -0.25) is 13.8 Å². The summed E-state index contributed by atoms with van der Waals surface area (Å²) < 4.78 is 34.7. The Morgan fingerprint density at radius 3 is 2.29 bits per heavy atom. The van der Waals surface area contributed by atoms with E-state index in [-0.39, 0.29) is 50.5 Å². The van der Waals surface area contributed by atoms with E-state index in [0.29, 0.717) is 0 Å². The van der Waals surface area contributed by atoms with Gasteiger partial charge >= 0.3 is 11.9 Å². The van der Waals surface area contributed by atoms with Crippen LogP contribution in [0.15, 0.2) is 0 Å². The number of carbonyl (C=O) groups excluding carboxylic acids is 2. The Morgan fingerprint density at radius 1 is 1.18 bits per heavy atom. The molecule has 0 saturated heterocycles. The third kappa shape index (κ3) is 10.00. The van der Waals surface area contributed by atoms with Crippen LogP contribution >= 0.6 is 0 Å². The van der Waals surface area contributed by atoms with Crippen LogP contribution in [0.2, 0.25) is 0 Å². The molecule has 0 aromatic heterocycles. The number of carbonyl (C=O) groups is 3. The molecule has 0 aliphatic heterocycles. The predicted molar refractivity (Wildman–Crippen MR) is 99.9 cm³/mol. The molecule has 0 rings (SSSR count). The molecular formula is C17H31NO9S. The summed E-state index contributed by atoms with van der Waals surface area (Å²) in [6.07, 6.45) is -2.40. The lowest BCUT2D eigenvalue weighted by molar-refractivity contribution is -0.158. The predicted octanol–water partition coefficient (Wildman–Crippen LogP) is 0.433. The van der Waals surface area contributed by atoms with Crippen molar-refractivity contribution in [3.8, 4) is 0 Å².